The van der Waals surface area contributed by atoms with Crippen LogP contribution < -0.4 is 10.5 Å². The van der Waals surface area contributed by atoms with Crippen LogP contribution in [0.15, 0.2) is 41.4 Å². The minimum atomic E-state index is -3.49. The van der Waals surface area contributed by atoms with E-state index in [1.807, 2.05) is 0 Å². The Labute approximate surface area is 111 Å². The Kier molecular flexibility index (Phi) is 3.66. The van der Waals surface area contributed by atoms with Crippen molar-refractivity contribution in [2.24, 2.45) is 0 Å². The van der Waals surface area contributed by atoms with Crippen molar-refractivity contribution in [1.82, 2.24) is 9.97 Å². The van der Waals surface area contributed by atoms with Crippen LogP contribution in [0, 0.1) is 0 Å². The van der Waals surface area contributed by atoms with Gasteiger partial charge in [0.25, 0.3) is 0 Å². The second-order valence-electron chi connectivity index (χ2n) is 3.84. The molecule has 2 N–H and O–H groups in total. The molecule has 1 aromatic heterocycles. The Morgan fingerprint density at radius 1 is 1.21 bits per heavy atom. The van der Waals surface area contributed by atoms with Gasteiger partial charge in [0, 0.05) is 18.0 Å². The number of aromatic nitrogens is 2. The van der Waals surface area contributed by atoms with Gasteiger partial charge in [-0.15, -0.1) is 0 Å². The molecule has 0 atom stereocenters. The second-order valence-corrected chi connectivity index (χ2v) is 5.83. The molecule has 0 unspecified atom stereocenters. The zero-order chi connectivity index (χ0) is 13.9. The van der Waals surface area contributed by atoms with E-state index in [0.29, 0.717) is 11.6 Å². The Morgan fingerprint density at radius 2 is 1.89 bits per heavy atom. The molecule has 0 fully saturated rings. The lowest BCUT2D eigenvalue weighted by atomic mass is 10.3. The molecule has 6 nitrogen and oxygen atoms in total. The Morgan fingerprint density at radius 3 is 2.53 bits per heavy atom. The van der Waals surface area contributed by atoms with Crippen molar-refractivity contribution < 1.29 is 13.2 Å². The smallest absolute Gasteiger partial charge is 0.216 e. The molecule has 0 aliphatic heterocycles. The maximum Gasteiger partial charge on any atom is 0.216 e. The predicted octanol–water partition coefficient (Wildman–Crippen LogP) is 1.04. The van der Waals surface area contributed by atoms with Gasteiger partial charge in [0.1, 0.15) is 11.6 Å². The lowest BCUT2D eigenvalue weighted by molar-refractivity contribution is 0.395. The van der Waals surface area contributed by atoms with Crippen LogP contribution in [0.25, 0.3) is 0 Å². The van der Waals surface area contributed by atoms with Gasteiger partial charge in [-0.05, 0) is 24.3 Å². The van der Waals surface area contributed by atoms with Crippen LogP contribution in [0.5, 0.6) is 5.88 Å². The topological polar surface area (TPSA) is 95.2 Å². The second kappa shape index (κ2) is 5.23. The monoisotopic (exact) mass is 279 g/mol. The first-order chi connectivity index (χ1) is 9.01. The molecule has 7 heteroatoms. The van der Waals surface area contributed by atoms with Gasteiger partial charge in [-0.3, -0.25) is 0 Å². The van der Waals surface area contributed by atoms with Crippen molar-refractivity contribution in [3.05, 3.63) is 42.4 Å². The van der Waals surface area contributed by atoms with Crippen LogP contribution in [-0.4, -0.2) is 25.5 Å². The standard InChI is InChI=1S/C12H13N3O3S/c1-18-12-6-7-14-11(15-12)8-19(16,17)10-4-2-9(13)3-5-10/h2-7H,8,13H2,1H3. The van der Waals surface area contributed by atoms with Crippen molar-refractivity contribution in [2.45, 2.75) is 10.6 Å². The maximum atomic E-state index is 12.2. The molecule has 0 bridgehead atoms. The van der Waals surface area contributed by atoms with Crippen LogP contribution in [0.3, 0.4) is 0 Å². The van der Waals surface area contributed by atoms with E-state index in [9.17, 15) is 8.42 Å². The molecule has 0 spiro atoms. The molecule has 0 aliphatic carbocycles. The first-order valence-electron chi connectivity index (χ1n) is 5.45. The van der Waals surface area contributed by atoms with Crippen molar-refractivity contribution in [3.8, 4) is 5.88 Å². The summed E-state index contributed by atoms with van der Waals surface area (Å²) >= 11 is 0. The zero-order valence-corrected chi connectivity index (χ0v) is 11.1. The van der Waals surface area contributed by atoms with E-state index in [1.54, 1.807) is 18.2 Å². The number of nitrogens with zero attached hydrogens (tertiary/aromatic N) is 2. The number of hydrogen-bond acceptors (Lipinski definition) is 6. The van der Waals surface area contributed by atoms with E-state index in [-0.39, 0.29) is 16.5 Å². The molecule has 2 rings (SSSR count). The summed E-state index contributed by atoms with van der Waals surface area (Å²) < 4.78 is 29.2. The largest absolute Gasteiger partial charge is 0.481 e. The number of nitrogens with two attached hydrogens (primary N) is 1. The van der Waals surface area contributed by atoms with Gasteiger partial charge in [-0.25, -0.2) is 13.4 Å². The van der Waals surface area contributed by atoms with E-state index < -0.39 is 9.84 Å². The van der Waals surface area contributed by atoms with Gasteiger partial charge in [0.2, 0.25) is 5.88 Å². The first-order valence-corrected chi connectivity index (χ1v) is 7.11. The highest BCUT2D eigenvalue weighted by atomic mass is 32.2. The number of ether oxygens (including phenoxy) is 1. The van der Waals surface area contributed by atoms with E-state index in [4.69, 9.17) is 10.5 Å². The molecule has 0 amide bonds. The van der Waals surface area contributed by atoms with Gasteiger partial charge in [0.15, 0.2) is 9.84 Å². The fourth-order valence-corrected chi connectivity index (χ4v) is 2.69. The fourth-order valence-electron chi connectivity index (χ4n) is 1.49. The summed E-state index contributed by atoms with van der Waals surface area (Å²) in [6.45, 7) is 0. The molecule has 100 valence electrons. The van der Waals surface area contributed by atoms with Crippen LogP contribution >= 0.6 is 0 Å². The third-order valence-corrected chi connectivity index (χ3v) is 4.08. The third kappa shape index (κ3) is 3.19. The van der Waals surface area contributed by atoms with Crippen molar-refractivity contribution >= 4 is 15.5 Å². The molecule has 2 aromatic rings. The van der Waals surface area contributed by atoms with Crippen LogP contribution in [0.1, 0.15) is 5.82 Å². The van der Waals surface area contributed by atoms with E-state index in [2.05, 4.69) is 9.97 Å². The molecule has 0 aliphatic rings. The Hall–Kier alpha value is -2.15. The summed E-state index contributed by atoms with van der Waals surface area (Å²) in [6.07, 6.45) is 1.46. The Bertz CT molecular complexity index is 669. The Balaban J connectivity index is 2.28. The summed E-state index contributed by atoms with van der Waals surface area (Å²) in [5.41, 5.74) is 6.04. The number of anilines is 1. The van der Waals surface area contributed by atoms with Crippen LogP contribution in [0.2, 0.25) is 0 Å². The van der Waals surface area contributed by atoms with Crippen LogP contribution in [-0.2, 0) is 15.6 Å². The lowest BCUT2D eigenvalue weighted by Crippen LogP contribution is -2.08. The third-order valence-electron chi connectivity index (χ3n) is 2.45. The quantitative estimate of drug-likeness (QED) is 0.840. The van der Waals surface area contributed by atoms with E-state index in [0.717, 1.165) is 0 Å². The summed E-state index contributed by atoms with van der Waals surface area (Å²) in [5, 5.41) is 0. The number of rotatable bonds is 4. The molecule has 19 heavy (non-hydrogen) atoms. The lowest BCUT2D eigenvalue weighted by Gasteiger charge is -2.05. The van der Waals surface area contributed by atoms with Gasteiger partial charge in [-0.1, -0.05) is 0 Å². The molecule has 0 radical (unpaired) electrons. The number of nitrogen functional groups attached to an aromatic ring is 1. The van der Waals surface area contributed by atoms with Gasteiger partial charge < -0.3 is 10.5 Å². The highest BCUT2D eigenvalue weighted by Gasteiger charge is 2.17. The zero-order valence-electron chi connectivity index (χ0n) is 10.3. The molecule has 1 heterocycles. The van der Waals surface area contributed by atoms with Crippen LogP contribution in [0.4, 0.5) is 5.69 Å². The molecule has 0 saturated heterocycles. The first kappa shape index (κ1) is 13.3. The SMILES string of the molecule is COc1ccnc(CS(=O)(=O)c2ccc(N)cc2)n1. The molecular weight excluding hydrogens is 266 g/mol. The maximum absolute atomic E-state index is 12.2. The van der Waals surface area contributed by atoms with Crippen molar-refractivity contribution in [3.63, 3.8) is 0 Å². The van der Waals surface area contributed by atoms with Gasteiger partial charge in [-0.2, -0.15) is 4.98 Å². The van der Waals surface area contributed by atoms with Gasteiger partial charge in [0.05, 0.1) is 12.0 Å². The highest BCUT2D eigenvalue weighted by Crippen LogP contribution is 2.17. The van der Waals surface area contributed by atoms with Crippen molar-refractivity contribution in [2.75, 3.05) is 12.8 Å². The number of methoxy groups -OCH3 is 1. The summed E-state index contributed by atoms with van der Waals surface area (Å²) in [4.78, 5) is 8.09. The predicted molar refractivity (Wildman–Crippen MR) is 70.3 cm³/mol. The molecular formula is C12H13N3O3S. The number of hydrogen-bond donors (Lipinski definition) is 1. The average molecular weight is 279 g/mol. The van der Waals surface area contributed by atoms with Crippen molar-refractivity contribution in [1.29, 1.82) is 0 Å². The summed E-state index contributed by atoms with van der Waals surface area (Å²) in [5.74, 6) is 0.238. The van der Waals surface area contributed by atoms with E-state index >= 15 is 0 Å². The minimum Gasteiger partial charge on any atom is -0.481 e. The highest BCUT2D eigenvalue weighted by molar-refractivity contribution is 7.90. The summed E-state index contributed by atoms with van der Waals surface area (Å²) in [7, 11) is -2.03. The molecule has 1 aromatic carbocycles. The fraction of sp³-hybridized carbons (Fsp3) is 0.167. The minimum absolute atomic E-state index is 0.188. The number of sulfone groups is 1. The normalized spacial score (nSPS) is 11.2. The van der Waals surface area contributed by atoms with E-state index in [1.165, 1.54) is 25.4 Å². The number of benzene rings is 1. The average Bonchev–Trinajstić information content (AvgIpc) is 2.39. The van der Waals surface area contributed by atoms with Gasteiger partial charge >= 0.3 is 0 Å². The molecule has 0 saturated carbocycles. The summed E-state index contributed by atoms with van der Waals surface area (Å²) in [6, 6.07) is 7.56.